The van der Waals surface area contributed by atoms with Gasteiger partial charge in [-0.3, -0.25) is 0 Å². The first-order valence-corrected chi connectivity index (χ1v) is 7.28. The number of hydrogen-bond acceptors (Lipinski definition) is 0. The Balaban J connectivity index is 4.79. The summed E-state index contributed by atoms with van der Waals surface area (Å²) >= 11 is 0. The van der Waals surface area contributed by atoms with Gasteiger partial charge >= 0.3 is 0 Å². The summed E-state index contributed by atoms with van der Waals surface area (Å²) in [6.07, 6.45) is 4.01. The summed E-state index contributed by atoms with van der Waals surface area (Å²) in [5, 5.41) is 0. The van der Waals surface area contributed by atoms with Gasteiger partial charge in [0.25, 0.3) is 0 Å². The van der Waals surface area contributed by atoms with Crippen molar-refractivity contribution in [1.82, 2.24) is 0 Å². The molecule has 0 amide bonds. The Morgan fingerprint density at radius 2 is 1.44 bits per heavy atom. The molecule has 0 rings (SSSR count). The second-order valence-corrected chi connectivity index (χ2v) is 6.71. The van der Waals surface area contributed by atoms with Crippen molar-refractivity contribution in [2.75, 3.05) is 0 Å². The molecule has 0 aromatic carbocycles. The summed E-state index contributed by atoms with van der Waals surface area (Å²) in [6, 6.07) is 0. The number of hydrogen-bond donors (Lipinski definition) is 0. The van der Waals surface area contributed by atoms with E-state index in [0.717, 1.165) is 23.7 Å². The maximum absolute atomic E-state index is 2.50. The van der Waals surface area contributed by atoms with Crippen molar-refractivity contribution in [2.24, 2.45) is 29.1 Å². The molecular formula is C16H34. The largest absolute Gasteiger partial charge is 0.0651 e. The van der Waals surface area contributed by atoms with Gasteiger partial charge in [-0.25, -0.2) is 0 Å². The van der Waals surface area contributed by atoms with Gasteiger partial charge in [0.2, 0.25) is 0 Å². The molecule has 16 heavy (non-hydrogen) atoms. The summed E-state index contributed by atoms with van der Waals surface area (Å²) in [7, 11) is 0. The van der Waals surface area contributed by atoms with Crippen LogP contribution in [0.1, 0.15) is 74.7 Å². The Labute approximate surface area is 104 Å². The lowest BCUT2D eigenvalue weighted by atomic mass is 9.63. The van der Waals surface area contributed by atoms with E-state index in [1.54, 1.807) is 0 Å². The molecule has 0 spiro atoms. The summed E-state index contributed by atoms with van der Waals surface area (Å²) in [4.78, 5) is 0. The maximum atomic E-state index is 2.50. The minimum absolute atomic E-state index is 0.527. The van der Waals surface area contributed by atoms with Gasteiger partial charge in [-0.15, -0.1) is 0 Å². The number of rotatable bonds is 7. The van der Waals surface area contributed by atoms with Crippen molar-refractivity contribution in [3.05, 3.63) is 0 Å². The highest BCUT2D eigenvalue weighted by Crippen LogP contribution is 2.44. The van der Waals surface area contributed by atoms with Gasteiger partial charge in [0.15, 0.2) is 0 Å². The third kappa shape index (κ3) is 4.11. The van der Waals surface area contributed by atoms with Crippen LogP contribution in [0.2, 0.25) is 0 Å². The third-order valence-corrected chi connectivity index (χ3v) is 4.75. The maximum Gasteiger partial charge on any atom is -0.0298 e. The molecule has 0 radical (unpaired) electrons. The Morgan fingerprint density at radius 1 is 0.938 bits per heavy atom. The fraction of sp³-hybridized carbons (Fsp3) is 1.00. The van der Waals surface area contributed by atoms with Crippen LogP contribution in [0.5, 0.6) is 0 Å². The molecule has 3 atom stereocenters. The minimum Gasteiger partial charge on any atom is -0.0651 e. The Bertz CT molecular complexity index is 180. The van der Waals surface area contributed by atoms with Crippen molar-refractivity contribution in [1.29, 1.82) is 0 Å². The summed E-state index contributed by atoms with van der Waals surface area (Å²) in [5.41, 5.74) is 0.527. The molecular weight excluding hydrogens is 192 g/mol. The quantitative estimate of drug-likeness (QED) is 0.517. The molecule has 0 aliphatic heterocycles. The molecule has 0 heterocycles. The van der Waals surface area contributed by atoms with Crippen LogP contribution in [0.25, 0.3) is 0 Å². The smallest absolute Gasteiger partial charge is 0.0298 e. The van der Waals surface area contributed by atoms with E-state index < -0.39 is 0 Å². The summed E-state index contributed by atoms with van der Waals surface area (Å²) in [5.74, 6) is 3.35. The van der Waals surface area contributed by atoms with Gasteiger partial charge in [0, 0.05) is 0 Å². The van der Waals surface area contributed by atoms with E-state index in [-0.39, 0.29) is 0 Å². The second-order valence-electron chi connectivity index (χ2n) is 6.71. The second kappa shape index (κ2) is 6.67. The van der Waals surface area contributed by atoms with Crippen molar-refractivity contribution in [3.8, 4) is 0 Å². The van der Waals surface area contributed by atoms with E-state index in [0.29, 0.717) is 5.41 Å². The molecule has 0 saturated heterocycles. The lowest BCUT2D eigenvalue weighted by Crippen LogP contribution is -2.34. The van der Waals surface area contributed by atoms with Gasteiger partial charge in [-0.05, 0) is 35.5 Å². The zero-order valence-electron chi connectivity index (χ0n) is 12.9. The van der Waals surface area contributed by atoms with Crippen LogP contribution < -0.4 is 0 Å². The van der Waals surface area contributed by atoms with E-state index in [9.17, 15) is 0 Å². The van der Waals surface area contributed by atoms with Crippen molar-refractivity contribution in [3.63, 3.8) is 0 Å². The van der Waals surface area contributed by atoms with Crippen molar-refractivity contribution in [2.45, 2.75) is 74.7 Å². The summed E-state index contributed by atoms with van der Waals surface area (Å²) in [6.45, 7) is 19.2. The van der Waals surface area contributed by atoms with Crippen molar-refractivity contribution < 1.29 is 0 Å². The van der Waals surface area contributed by atoms with E-state index in [4.69, 9.17) is 0 Å². The topological polar surface area (TPSA) is 0 Å². The fourth-order valence-electron chi connectivity index (χ4n) is 3.50. The van der Waals surface area contributed by atoms with Crippen LogP contribution >= 0.6 is 0 Å². The lowest BCUT2D eigenvalue weighted by molar-refractivity contribution is 0.0749. The molecule has 0 saturated carbocycles. The van der Waals surface area contributed by atoms with Crippen LogP contribution in [-0.4, -0.2) is 0 Å². The summed E-state index contributed by atoms with van der Waals surface area (Å²) < 4.78 is 0. The average Bonchev–Trinajstić information content (AvgIpc) is 2.16. The third-order valence-electron chi connectivity index (χ3n) is 4.75. The van der Waals surface area contributed by atoms with Crippen LogP contribution in [0.15, 0.2) is 0 Å². The normalized spacial score (nSPS) is 19.9. The van der Waals surface area contributed by atoms with Crippen LogP contribution in [0, 0.1) is 29.1 Å². The van der Waals surface area contributed by atoms with Gasteiger partial charge in [0.05, 0.1) is 0 Å². The highest BCUT2D eigenvalue weighted by molar-refractivity contribution is 4.85. The predicted octanol–water partition coefficient (Wildman–Crippen LogP) is 5.77. The molecule has 0 heteroatoms. The highest BCUT2D eigenvalue weighted by Gasteiger charge is 2.35. The lowest BCUT2D eigenvalue weighted by Gasteiger charge is -2.42. The zero-order chi connectivity index (χ0) is 12.9. The molecule has 0 aromatic heterocycles. The molecule has 0 bridgehead atoms. The van der Waals surface area contributed by atoms with Gasteiger partial charge < -0.3 is 0 Å². The average molecular weight is 226 g/mol. The first-order chi connectivity index (χ1) is 7.28. The zero-order valence-corrected chi connectivity index (χ0v) is 12.9. The van der Waals surface area contributed by atoms with Gasteiger partial charge in [0.1, 0.15) is 0 Å². The Kier molecular flexibility index (Phi) is 6.67. The molecule has 98 valence electrons. The standard InChI is InChI=1S/C16H34/c1-9-15(13(5)6)14(7)16(8,10-2)11-12(3)4/h12-15H,9-11H2,1-8H3. The first-order valence-electron chi connectivity index (χ1n) is 7.28. The SMILES string of the molecule is CCC(C(C)C)C(C)C(C)(CC)CC(C)C. The van der Waals surface area contributed by atoms with E-state index in [1.807, 2.05) is 0 Å². The van der Waals surface area contributed by atoms with Crippen LogP contribution in [0.3, 0.4) is 0 Å². The van der Waals surface area contributed by atoms with E-state index in [2.05, 4.69) is 55.4 Å². The Morgan fingerprint density at radius 3 is 1.69 bits per heavy atom. The molecule has 0 aliphatic rings. The first kappa shape index (κ1) is 16.0. The van der Waals surface area contributed by atoms with Gasteiger partial charge in [-0.2, -0.15) is 0 Å². The van der Waals surface area contributed by atoms with E-state index >= 15 is 0 Å². The van der Waals surface area contributed by atoms with E-state index in [1.165, 1.54) is 19.3 Å². The van der Waals surface area contributed by atoms with Gasteiger partial charge in [-0.1, -0.05) is 68.2 Å². The van der Waals surface area contributed by atoms with Crippen LogP contribution in [-0.2, 0) is 0 Å². The molecule has 0 N–H and O–H groups in total. The molecule has 3 unspecified atom stereocenters. The Hall–Kier alpha value is 0. The molecule has 0 aliphatic carbocycles. The minimum atomic E-state index is 0.527. The fourth-order valence-corrected chi connectivity index (χ4v) is 3.50. The monoisotopic (exact) mass is 226 g/mol. The van der Waals surface area contributed by atoms with Crippen molar-refractivity contribution >= 4 is 0 Å². The molecule has 0 aromatic rings. The predicted molar refractivity (Wildman–Crippen MR) is 75.6 cm³/mol. The molecule has 0 nitrogen and oxygen atoms in total. The molecule has 0 fully saturated rings. The highest BCUT2D eigenvalue weighted by atomic mass is 14.4. The van der Waals surface area contributed by atoms with Crippen LogP contribution in [0.4, 0.5) is 0 Å².